The molecule has 1 aromatic rings. The largest absolute Gasteiger partial charge is 0.311 e. The minimum Gasteiger partial charge on any atom is -0.311 e. The fraction of sp³-hybridized carbons (Fsp3) is 0.733. The van der Waals surface area contributed by atoms with Crippen molar-refractivity contribution in [2.45, 2.75) is 51.1 Å². The molecule has 18 heavy (non-hydrogen) atoms. The van der Waals surface area contributed by atoms with Gasteiger partial charge in [-0.1, -0.05) is 19.9 Å². The molecular weight excluding hydrogens is 240 g/mol. The molecule has 0 saturated carbocycles. The lowest BCUT2D eigenvalue weighted by Crippen LogP contribution is -2.54. The monoisotopic (exact) mass is 266 g/mol. The second-order valence-corrected chi connectivity index (χ2v) is 6.22. The molecular formula is C15H26N2S. The molecule has 1 N–H and O–H groups in total. The zero-order valence-electron chi connectivity index (χ0n) is 11.9. The minimum atomic E-state index is 0.288. The summed E-state index contributed by atoms with van der Waals surface area (Å²) in [5.41, 5.74) is 0.288. The van der Waals surface area contributed by atoms with Crippen LogP contribution in [0.25, 0.3) is 0 Å². The average Bonchev–Trinajstić information content (AvgIpc) is 3.08. The Hall–Kier alpha value is -0.380. The van der Waals surface area contributed by atoms with Gasteiger partial charge in [0.15, 0.2) is 0 Å². The van der Waals surface area contributed by atoms with Gasteiger partial charge in [0.25, 0.3) is 0 Å². The topological polar surface area (TPSA) is 15.3 Å². The van der Waals surface area contributed by atoms with Gasteiger partial charge in [-0.2, -0.15) is 0 Å². The summed E-state index contributed by atoms with van der Waals surface area (Å²) in [6.07, 6.45) is 5.16. The van der Waals surface area contributed by atoms with Crippen molar-refractivity contribution in [3.63, 3.8) is 0 Å². The van der Waals surface area contributed by atoms with E-state index < -0.39 is 0 Å². The van der Waals surface area contributed by atoms with Crippen LogP contribution in [0.2, 0.25) is 0 Å². The van der Waals surface area contributed by atoms with Crippen LogP contribution in [0.4, 0.5) is 0 Å². The number of hydrogen-bond donors (Lipinski definition) is 1. The number of hydrogen-bond acceptors (Lipinski definition) is 3. The molecule has 0 radical (unpaired) electrons. The molecule has 3 heteroatoms. The summed E-state index contributed by atoms with van der Waals surface area (Å²) in [6, 6.07) is 4.91. The molecule has 0 aromatic carbocycles. The van der Waals surface area contributed by atoms with Gasteiger partial charge in [0, 0.05) is 10.4 Å². The third-order valence-corrected chi connectivity index (χ3v) is 5.55. The number of likely N-dealkylation sites (tertiary alicyclic amines) is 1. The molecule has 2 rings (SSSR count). The van der Waals surface area contributed by atoms with Gasteiger partial charge in [-0.15, -0.1) is 11.3 Å². The van der Waals surface area contributed by atoms with Crippen LogP contribution in [-0.2, 0) is 0 Å². The van der Waals surface area contributed by atoms with Gasteiger partial charge < -0.3 is 5.32 Å². The molecule has 1 unspecified atom stereocenters. The van der Waals surface area contributed by atoms with Crippen molar-refractivity contribution < 1.29 is 0 Å². The molecule has 0 bridgehead atoms. The third kappa shape index (κ3) is 2.36. The molecule has 0 spiro atoms. The van der Waals surface area contributed by atoms with E-state index in [2.05, 4.69) is 48.6 Å². The van der Waals surface area contributed by atoms with Crippen molar-refractivity contribution in [2.24, 2.45) is 0 Å². The Labute approximate surface area is 115 Å². The molecule has 1 aliphatic rings. The highest BCUT2D eigenvalue weighted by atomic mass is 32.1. The average molecular weight is 266 g/mol. The van der Waals surface area contributed by atoms with Gasteiger partial charge in [0.2, 0.25) is 0 Å². The Morgan fingerprint density at radius 1 is 1.33 bits per heavy atom. The summed E-state index contributed by atoms with van der Waals surface area (Å²) in [5, 5.41) is 5.79. The van der Waals surface area contributed by atoms with Gasteiger partial charge in [-0.05, 0) is 57.3 Å². The first-order valence-electron chi connectivity index (χ1n) is 7.24. The third-order valence-electron chi connectivity index (χ3n) is 4.61. The lowest BCUT2D eigenvalue weighted by atomic mass is 9.82. The van der Waals surface area contributed by atoms with Crippen molar-refractivity contribution >= 4 is 11.3 Å². The van der Waals surface area contributed by atoms with E-state index in [0.29, 0.717) is 6.04 Å². The predicted octanol–water partition coefficient (Wildman–Crippen LogP) is 3.66. The molecule has 2 heterocycles. The van der Waals surface area contributed by atoms with Crippen LogP contribution < -0.4 is 5.32 Å². The zero-order chi connectivity index (χ0) is 13.0. The zero-order valence-corrected chi connectivity index (χ0v) is 12.7. The fourth-order valence-electron chi connectivity index (χ4n) is 3.58. The van der Waals surface area contributed by atoms with E-state index in [-0.39, 0.29) is 5.54 Å². The van der Waals surface area contributed by atoms with E-state index in [1.54, 1.807) is 0 Å². The summed E-state index contributed by atoms with van der Waals surface area (Å²) in [6.45, 7) is 7.23. The number of nitrogens with one attached hydrogen (secondary N) is 1. The molecule has 1 atom stereocenters. The smallest absolute Gasteiger partial charge is 0.0599 e. The first-order valence-corrected chi connectivity index (χ1v) is 8.12. The molecule has 1 fully saturated rings. The Balaban J connectivity index is 2.31. The molecule has 0 amide bonds. The maximum Gasteiger partial charge on any atom is 0.0599 e. The lowest BCUT2D eigenvalue weighted by molar-refractivity contribution is 0.0660. The Morgan fingerprint density at radius 3 is 2.44 bits per heavy atom. The van der Waals surface area contributed by atoms with Gasteiger partial charge in [0.1, 0.15) is 0 Å². The van der Waals surface area contributed by atoms with Gasteiger partial charge in [0.05, 0.1) is 6.04 Å². The van der Waals surface area contributed by atoms with Crippen molar-refractivity contribution in [3.8, 4) is 0 Å². The van der Waals surface area contributed by atoms with E-state index in [1.807, 2.05) is 11.3 Å². The maximum absolute atomic E-state index is 3.59. The van der Waals surface area contributed by atoms with Crippen LogP contribution in [0.1, 0.15) is 50.4 Å². The molecule has 0 aliphatic carbocycles. The van der Waals surface area contributed by atoms with Crippen molar-refractivity contribution in [2.75, 3.05) is 20.1 Å². The van der Waals surface area contributed by atoms with E-state index in [1.165, 1.54) is 43.6 Å². The number of rotatable bonds is 6. The highest BCUT2D eigenvalue weighted by Gasteiger charge is 2.42. The highest BCUT2D eigenvalue weighted by Crippen LogP contribution is 2.40. The Kier molecular flexibility index (Phi) is 4.82. The number of thiophene rings is 1. The molecule has 102 valence electrons. The quantitative estimate of drug-likeness (QED) is 0.845. The van der Waals surface area contributed by atoms with Crippen LogP contribution in [0.15, 0.2) is 17.5 Å². The van der Waals surface area contributed by atoms with E-state index in [9.17, 15) is 0 Å². The van der Waals surface area contributed by atoms with Crippen molar-refractivity contribution in [1.29, 1.82) is 0 Å². The van der Waals surface area contributed by atoms with Crippen LogP contribution in [0, 0.1) is 0 Å². The maximum atomic E-state index is 3.59. The Morgan fingerprint density at radius 2 is 2.00 bits per heavy atom. The van der Waals surface area contributed by atoms with Gasteiger partial charge in [-0.25, -0.2) is 0 Å². The summed E-state index contributed by atoms with van der Waals surface area (Å²) in [5.74, 6) is 0. The number of likely N-dealkylation sites (N-methyl/N-ethyl adjacent to an activating group) is 1. The molecule has 2 nitrogen and oxygen atoms in total. The fourth-order valence-corrected chi connectivity index (χ4v) is 4.53. The van der Waals surface area contributed by atoms with Gasteiger partial charge >= 0.3 is 0 Å². The first kappa shape index (κ1) is 14.0. The van der Waals surface area contributed by atoms with Crippen molar-refractivity contribution in [1.82, 2.24) is 10.2 Å². The van der Waals surface area contributed by atoms with Gasteiger partial charge in [-0.3, -0.25) is 4.90 Å². The van der Waals surface area contributed by atoms with Crippen LogP contribution in [0.5, 0.6) is 0 Å². The molecule has 1 aromatic heterocycles. The van der Waals surface area contributed by atoms with E-state index in [4.69, 9.17) is 0 Å². The normalized spacial score (nSPS) is 19.3. The lowest BCUT2D eigenvalue weighted by Gasteiger charge is -2.46. The van der Waals surface area contributed by atoms with E-state index >= 15 is 0 Å². The molecule has 1 saturated heterocycles. The van der Waals surface area contributed by atoms with Crippen LogP contribution >= 0.6 is 11.3 Å². The van der Waals surface area contributed by atoms with Crippen molar-refractivity contribution in [3.05, 3.63) is 22.4 Å². The highest BCUT2D eigenvalue weighted by molar-refractivity contribution is 7.10. The SMILES string of the molecule is CCC(CC)(C(NC)c1cccs1)N1CCCC1. The standard InChI is InChI=1S/C15H26N2S/c1-4-15(5-2,17-10-6-7-11-17)14(16-3)13-9-8-12-18-13/h8-9,12,14,16H,4-7,10-11H2,1-3H3. The first-order chi connectivity index (χ1) is 8.78. The van der Waals surface area contributed by atoms with Crippen LogP contribution in [0.3, 0.4) is 0 Å². The summed E-state index contributed by atoms with van der Waals surface area (Å²) in [4.78, 5) is 4.21. The molecule has 1 aliphatic heterocycles. The second kappa shape index (κ2) is 6.18. The Bertz CT molecular complexity index is 337. The summed E-state index contributed by atoms with van der Waals surface area (Å²) >= 11 is 1.88. The number of nitrogens with zero attached hydrogens (tertiary/aromatic N) is 1. The van der Waals surface area contributed by atoms with Crippen LogP contribution in [-0.4, -0.2) is 30.6 Å². The second-order valence-electron chi connectivity index (χ2n) is 5.24. The minimum absolute atomic E-state index is 0.288. The summed E-state index contributed by atoms with van der Waals surface area (Å²) < 4.78 is 0. The van der Waals surface area contributed by atoms with E-state index in [0.717, 1.165) is 0 Å². The predicted molar refractivity (Wildman–Crippen MR) is 80.2 cm³/mol. The summed E-state index contributed by atoms with van der Waals surface area (Å²) in [7, 11) is 2.11.